The number of benzene rings is 1. The summed E-state index contributed by atoms with van der Waals surface area (Å²) in [4.78, 5) is 23.0. The smallest absolute Gasteiger partial charge is 0.338 e. The van der Waals surface area contributed by atoms with Crippen LogP contribution >= 0.6 is 0 Å². The van der Waals surface area contributed by atoms with Crippen LogP contribution in [0.15, 0.2) is 30.3 Å². The summed E-state index contributed by atoms with van der Waals surface area (Å²) in [5, 5.41) is 8.98. The molecule has 0 heterocycles. The Morgan fingerprint density at radius 2 is 1.81 bits per heavy atom. The van der Waals surface area contributed by atoms with Crippen molar-refractivity contribution in [1.29, 1.82) is 0 Å². The predicted molar refractivity (Wildman–Crippen MR) is 76.5 cm³/mol. The van der Waals surface area contributed by atoms with Gasteiger partial charge in [-0.3, -0.25) is 4.79 Å². The zero-order valence-corrected chi connectivity index (χ0v) is 12.4. The molecule has 21 heavy (non-hydrogen) atoms. The Hall–Kier alpha value is -1.92. The quantitative estimate of drug-likeness (QED) is 0.768. The number of hydrogen-bond donors (Lipinski definition) is 2. The van der Waals surface area contributed by atoms with Gasteiger partial charge in [0, 0.05) is 0 Å². The first-order chi connectivity index (χ1) is 9.70. The summed E-state index contributed by atoms with van der Waals surface area (Å²) in [5.74, 6) is -2.10. The summed E-state index contributed by atoms with van der Waals surface area (Å²) in [7, 11) is 0. The van der Waals surface area contributed by atoms with E-state index < -0.39 is 29.7 Å². The van der Waals surface area contributed by atoms with E-state index in [0.717, 1.165) is 5.56 Å². The first-order valence-corrected chi connectivity index (χ1v) is 6.57. The minimum atomic E-state index is -1.48. The molecule has 0 amide bonds. The minimum absolute atomic E-state index is 0.0751. The maximum absolute atomic E-state index is 12.0. The molecular weight excluding hydrogens is 274 g/mol. The van der Waals surface area contributed by atoms with Crippen LogP contribution in [0, 0.1) is 0 Å². The fourth-order valence-electron chi connectivity index (χ4n) is 1.57. The van der Waals surface area contributed by atoms with Gasteiger partial charge in [-0.1, -0.05) is 30.3 Å². The number of carbonyl (C=O) groups excluding carboxylic acids is 1. The highest BCUT2D eigenvalue weighted by molar-refractivity contribution is 5.85. The van der Waals surface area contributed by atoms with E-state index in [9.17, 15) is 9.59 Å². The fraction of sp³-hybridized carbons (Fsp3) is 0.467. The van der Waals surface area contributed by atoms with Gasteiger partial charge in [-0.05, 0) is 26.3 Å². The van der Waals surface area contributed by atoms with E-state index in [0.29, 0.717) is 0 Å². The Morgan fingerprint density at radius 3 is 2.29 bits per heavy atom. The van der Waals surface area contributed by atoms with Gasteiger partial charge in [0.1, 0.15) is 11.6 Å². The van der Waals surface area contributed by atoms with Crippen LogP contribution in [0.1, 0.15) is 26.3 Å². The summed E-state index contributed by atoms with van der Waals surface area (Å²) >= 11 is 0. The second kappa shape index (κ2) is 7.19. The molecule has 0 aliphatic carbocycles. The SMILES string of the molecule is CC(C)(C)OC(=O)[C@H](OCc1ccccc1)C(N)C(=O)O. The Bertz CT molecular complexity index is 481. The van der Waals surface area contributed by atoms with Gasteiger partial charge in [0.05, 0.1) is 6.61 Å². The Morgan fingerprint density at radius 1 is 1.24 bits per heavy atom. The molecule has 0 saturated carbocycles. The standard InChI is InChI=1S/C15H21NO5/c1-15(2,3)21-14(19)12(11(16)13(17)18)20-9-10-7-5-4-6-8-10/h4-8,11-12H,9,16H2,1-3H3,(H,17,18)/t11?,12-/m1/s1. The van der Waals surface area contributed by atoms with Gasteiger partial charge < -0.3 is 20.3 Å². The molecule has 1 rings (SSSR count). The van der Waals surface area contributed by atoms with Crippen molar-refractivity contribution in [1.82, 2.24) is 0 Å². The minimum Gasteiger partial charge on any atom is -0.480 e. The number of aliphatic carboxylic acids is 1. The van der Waals surface area contributed by atoms with Gasteiger partial charge in [0.15, 0.2) is 6.10 Å². The van der Waals surface area contributed by atoms with Gasteiger partial charge in [-0.15, -0.1) is 0 Å². The average molecular weight is 295 g/mol. The van der Waals surface area contributed by atoms with E-state index in [-0.39, 0.29) is 6.61 Å². The normalized spacial score (nSPS) is 14.3. The molecular formula is C15H21NO5. The molecule has 3 N–H and O–H groups in total. The molecule has 0 aliphatic rings. The van der Waals surface area contributed by atoms with Crippen LogP contribution in [0.25, 0.3) is 0 Å². The molecule has 0 bridgehead atoms. The average Bonchev–Trinajstić information content (AvgIpc) is 2.37. The summed E-state index contributed by atoms with van der Waals surface area (Å²) in [6, 6.07) is 7.61. The molecule has 6 nitrogen and oxygen atoms in total. The van der Waals surface area contributed by atoms with Crippen LogP contribution in [0.5, 0.6) is 0 Å². The Labute approximate surface area is 123 Å². The molecule has 0 aromatic heterocycles. The second-order valence-corrected chi connectivity index (χ2v) is 5.61. The molecule has 6 heteroatoms. The van der Waals surface area contributed by atoms with Crippen molar-refractivity contribution >= 4 is 11.9 Å². The lowest BCUT2D eigenvalue weighted by Crippen LogP contribution is -2.49. The van der Waals surface area contributed by atoms with Crippen molar-refractivity contribution in [2.24, 2.45) is 5.73 Å². The lowest BCUT2D eigenvalue weighted by Gasteiger charge is -2.25. The monoisotopic (exact) mass is 295 g/mol. The van der Waals surface area contributed by atoms with Crippen molar-refractivity contribution in [2.75, 3.05) is 0 Å². The van der Waals surface area contributed by atoms with Crippen molar-refractivity contribution < 1.29 is 24.2 Å². The van der Waals surface area contributed by atoms with Crippen molar-refractivity contribution in [3.05, 3.63) is 35.9 Å². The summed E-state index contributed by atoms with van der Waals surface area (Å²) in [6.45, 7) is 5.13. The van der Waals surface area contributed by atoms with Crippen LogP contribution in [-0.4, -0.2) is 34.8 Å². The predicted octanol–water partition coefficient (Wildman–Crippen LogP) is 1.33. The van der Waals surface area contributed by atoms with Gasteiger partial charge in [-0.2, -0.15) is 0 Å². The number of nitrogens with two attached hydrogens (primary N) is 1. The van der Waals surface area contributed by atoms with Gasteiger partial charge >= 0.3 is 11.9 Å². The van der Waals surface area contributed by atoms with Crippen molar-refractivity contribution in [3.8, 4) is 0 Å². The fourth-order valence-corrected chi connectivity index (χ4v) is 1.57. The van der Waals surface area contributed by atoms with Crippen LogP contribution in [0.2, 0.25) is 0 Å². The third kappa shape index (κ3) is 5.93. The number of rotatable bonds is 6. The topological polar surface area (TPSA) is 98.9 Å². The third-order valence-corrected chi connectivity index (χ3v) is 2.52. The molecule has 0 spiro atoms. The van der Waals surface area contributed by atoms with Crippen LogP contribution < -0.4 is 5.73 Å². The molecule has 1 aromatic rings. The molecule has 1 unspecified atom stereocenters. The zero-order chi connectivity index (χ0) is 16.0. The zero-order valence-electron chi connectivity index (χ0n) is 12.4. The van der Waals surface area contributed by atoms with Crippen molar-refractivity contribution in [2.45, 2.75) is 45.1 Å². The third-order valence-electron chi connectivity index (χ3n) is 2.52. The highest BCUT2D eigenvalue weighted by Gasteiger charge is 2.35. The number of hydrogen-bond acceptors (Lipinski definition) is 5. The summed E-state index contributed by atoms with van der Waals surface area (Å²) in [5.41, 5.74) is 5.58. The second-order valence-electron chi connectivity index (χ2n) is 5.61. The molecule has 0 fully saturated rings. The molecule has 0 aliphatic heterocycles. The molecule has 2 atom stereocenters. The van der Waals surface area contributed by atoms with E-state index in [1.165, 1.54) is 0 Å². The van der Waals surface area contributed by atoms with Gasteiger partial charge in [0.25, 0.3) is 0 Å². The molecule has 1 aromatic carbocycles. The Kier molecular flexibility index (Phi) is 5.87. The van der Waals surface area contributed by atoms with Gasteiger partial charge in [-0.25, -0.2) is 4.79 Å². The molecule has 0 saturated heterocycles. The van der Waals surface area contributed by atoms with E-state index in [1.807, 2.05) is 18.2 Å². The van der Waals surface area contributed by atoms with E-state index >= 15 is 0 Å². The number of carboxylic acid groups (broad SMARTS) is 1. The lowest BCUT2D eigenvalue weighted by atomic mass is 10.1. The summed E-state index contributed by atoms with van der Waals surface area (Å²) in [6.07, 6.45) is -1.36. The highest BCUT2D eigenvalue weighted by atomic mass is 16.6. The van der Waals surface area contributed by atoms with Gasteiger partial charge in [0.2, 0.25) is 0 Å². The van der Waals surface area contributed by atoms with Crippen LogP contribution in [0.4, 0.5) is 0 Å². The number of ether oxygens (including phenoxy) is 2. The number of carboxylic acids is 1. The lowest BCUT2D eigenvalue weighted by molar-refractivity contribution is -0.174. The maximum Gasteiger partial charge on any atom is 0.338 e. The van der Waals surface area contributed by atoms with E-state index in [2.05, 4.69) is 0 Å². The van der Waals surface area contributed by atoms with Crippen molar-refractivity contribution in [3.63, 3.8) is 0 Å². The Balaban J connectivity index is 2.78. The highest BCUT2D eigenvalue weighted by Crippen LogP contribution is 2.13. The maximum atomic E-state index is 12.0. The van der Waals surface area contributed by atoms with E-state index in [4.69, 9.17) is 20.3 Å². The largest absolute Gasteiger partial charge is 0.480 e. The van der Waals surface area contributed by atoms with Crippen LogP contribution in [-0.2, 0) is 25.7 Å². The number of esters is 1. The van der Waals surface area contributed by atoms with E-state index in [1.54, 1.807) is 32.9 Å². The first-order valence-electron chi connectivity index (χ1n) is 6.57. The number of carbonyl (C=O) groups is 2. The first kappa shape index (κ1) is 17.1. The molecule has 0 radical (unpaired) electrons. The summed E-state index contributed by atoms with van der Waals surface area (Å²) < 4.78 is 10.5. The van der Waals surface area contributed by atoms with Crippen LogP contribution in [0.3, 0.4) is 0 Å². The molecule has 116 valence electrons.